The van der Waals surface area contributed by atoms with Crippen molar-refractivity contribution in [3.63, 3.8) is 0 Å². The fourth-order valence-corrected chi connectivity index (χ4v) is 5.74. The van der Waals surface area contributed by atoms with Gasteiger partial charge in [0.15, 0.2) is 0 Å². The number of benzene rings is 1. The predicted molar refractivity (Wildman–Crippen MR) is 125 cm³/mol. The molecule has 0 radical (unpaired) electrons. The highest BCUT2D eigenvalue weighted by atomic mass is 32.2. The minimum Gasteiger partial charge on any atom is -0.443 e. The Labute approximate surface area is 209 Å². The SMILES string of the molecule is O=C(NCc1cc(-c2ccc(C(F)(F)F)cn2)ncn1)[C@@H]1CCCN1S(=O)(=O)c1cc2ccccc2o1. The molecule has 0 aliphatic carbocycles. The molecule has 1 saturated heterocycles. The average molecular weight is 532 g/mol. The number of fused-ring (bicyclic) bond motifs is 1. The highest BCUT2D eigenvalue weighted by Gasteiger charge is 2.41. The summed E-state index contributed by atoms with van der Waals surface area (Å²) in [5.41, 5.74) is 0.425. The van der Waals surface area contributed by atoms with Crippen molar-refractivity contribution in [2.75, 3.05) is 6.54 Å². The van der Waals surface area contributed by atoms with Gasteiger partial charge in [-0.1, -0.05) is 18.2 Å². The standard InChI is InChI=1S/C24H20F3N5O4S/c25-24(26,27)16-7-8-18(28-12-16)19-11-17(30-14-31-19)13-29-23(33)20-5-3-9-32(20)37(34,35)22-10-15-4-1-2-6-21(15)36-22/h1-2,4,6-8,10-12,14,20H,3,5,9,13H2,(H,29,33)/t20-/m0/s1. The topological polar surface area (TPSA) is 118 Å². The number of sulfonamides is 1. The van der Waals surface area contributed by atoms with Crippen LogP contribution in [-0.2, 0) is 27.5 Å². The molecule has 1 aromatic carbocycles. The normalized spacial score (nSPS) is 16.8. The van der Waals surface area contributed by atoms with Crippen LogP contribution in [0.15, 0.2) is 70.6 Å². The number of para-hydroxylation sites is 1. The van der Waals surface area contributed by atoms with Crippen LogP contribution in [-0.4, -0.2) is 46.2 Å². The molecule has 9 nitrogen and oxygen atoms in total. The van der Waals surface area contributed by atoms with Gasteiger partial charge in [-0.3, -0.25) is 9.78 Å². The number of carbonyl (C=O) groups excluding carboxylic acids is 1. The number of hydrogen-bond donors (Lipinski definition) is 1. The van der Waals surface area contributed by atoms with Crippen LogP contribution in [0, 0.1) is 0 Å². The molecule has 0 saturated carbocycles. The first-order chi connectivity index (χ1) is 17.6. The van der Waals surface area contributed by atoms with Gasteiger partial charge < -0.3 is 9.73 Å². The molecule has 192 valence electrons. The van der Waals surface area contributed by atoms with E-state index >= 15 is 0 Å². The van der Waals surface area contributed by atoms with Gasteiger partial charge in [-0.25, -0.2) is 18.4 Å². The Bertz CT molecular complexity index is 1520. The third-order valence-corrected chi connectivity index (χ3v) is 7.76. The first-order valence-electron chi connectivity index (χ1n) is 11.3. The zero-order chi connectivity index (χ0) is 26.2. The fourth-order valence-electron chi connectivity index (χ4n) is 4.13. The lowest BCUT2D eigenvalue weighted by Gasteiger charge is -2.22. The van der Waals surface area contributed by atoms with Crippen molar-refractivity contribution in [3.8, 4) is 11.4 Å². The lowest BCUT2D eigenvalue weighted by Crippen LogP contribution is -2.45. The number of nitrogens with one attached hydrogen (secondary N) is 1. The number of rotatable bonds is 6. The van der Waals surface area contributed by atoms with Crippen LogP contribution < -0.4 is 5.32 Å². The second kappa shape index (κ2) is 9.56. The summed E-state index contributed by atoms with van der Waals surface area (Å²) in [5.74, 6) is -0.495. The Balaban J connectivity index is 1.28. The summed E-state index contributed by atoms with van der Waals surface area (Å²) in [6.45, 7) is 0.138. The van der Waals surface area contributed by atoms with Gasteiger partial charge in [0.1, 0.15) is 18.0 Å². The maximum absolute atomic E-state index is 13.2. The predicted octanol–water partition coefficient (Wildman–Crippen LogP) is 3.77. The van der Waals surface area contributed by atoms with Crippen LogP contribution in [0.2, 0.25) is 0 Å². The first-order valence-corrected chi connectivity index (χ1v) is 12.7. The zero-order valence-electron chi connectivity index (χ0n) is 19.1. The lowest BCUT2D eigenvalue weighted by molar-refractivity contribution is -0.137. The maximum atomic E-state index is 13.2. The van der Waals surface area contributed by atoms with Crippen molar-refractivity contribution < 1.29 is 30.8 Å². The van der Waals surface area contributed by atoms with Crippen LogP contribution in [0.1, 0.15) is 24.1 Å². The van der Waals surface area contributed by atoms with E-state index in [-0.39, 0.29) is 29.6 Å². The van der Waals surface area contributed by atoms with Gasteiger partial charge in [0.2, 0.25) is 11.0 Å². The Morgan fingerprint density at radius 1 is 1.08 bits per heavy atom. The molecule has 1 amide bonds. The lowest BCUT2D eigenvalue weighted by atomic mass is 10.2. The number of nitrogens with zero attached hydrogens (tertiary/aromatic N) is 4. The molecule has 3 aromatic heterocycles. The molecule has 37 heavy (non-hydrogen) atoms. The monoisotopic (exact) mass is 531 g/mol. The summed E-state index contributed by atoms with van der Waals surface area (Å²) in [5, 5.41) is 3.11. The molecule has 13 heteroatoms. The third-order valence-electron chi connectivity index (χ3n) is 5.99. The molecule has 0 spiro atoms. The van der Waals surface area contributed by atoms with E-state index in [9.17, 15) is 26.4 Å². The molecule has 1 fully saturated rings. The molecular weight excluding hydrogens is 511 g/mol. The van der Waals surface area contributed by atoms with Gasteiger partial charge >= 0.3 is 6.18 Å². The van der Waals surface area contributed by atoms with Gasteiger partial charge in [-0.15, -0.1) is 0 Å². The smallest absolute Gasteiger partial charge is 0.417 e. The Hall–Kier alpha value is -3.84. The van der Waals surface area contributed by atoms with E-state index in [0.29, 0.717) is 29.5 Å². The largest absolute Gasteiger partial charge is 0.443 e. The van der Waals surface area contributed by atoms with Crippen molar-refractivity contribution in [2.45, 2.75) is 36.7 Å². The van der Waals surface area contributed by atoms with E-state index in [1.165, 1.54) is 24.5 Å². The summed E-state index contributed by atoms with van der Waals surface area (Å²) in [7, 11) is -4.04. The van der Waals surface area contributed by atoms with E-state index in [4.69, 9.17) is 4.42 Å². The quantitative estimate of drug-likeness (QED) is 0.402. The van der Waals surface area contributed by atoms with Crippen LogP contribution >= 0.6 is 0 Å². The molecule has 1 atom stereocenters. The minimum atomic E-state index is -4.50. The number of pyridine rings is 1. The second-order valence-corrected chi connectivity index (χ2v) is 10.2. The minimum absolute atomic E-state index is 0.0377. The molecule has 0 unspecified atom stereocenters. The zero-order valence-corrected chi connectivity index (χ0v) is 20.0. The Kier molecular flexibility index (Phi) is 6.42. The van der Waals surface area contributed by atoms with Crippen LogP contribution in [0.3, 0.4) is 0 Å². The number of alkyl halides is 3. The highest BCUT2D eigenvalue weighted by molar-refractivity contribution is 7.89. The van der Waals surface area contributed by atoms with Gasteiger partial charge in [0.05, 0.1) is 29.2 Å². The average Bonchev–Trinajstić information content (AvgIpc) is 3.55. The highest BCUT2D eigenvalue weighted by Crippen LogP contribution is 2.31. The molecule has 1 aliphatic rings. The fraction of sp³-hybridized carbons (Fsp3) is 0.250. The summed E-state index contributed by atoms with van der Waals surface area (Å²) >= 11 is 0. The van der Waals surface area contributed by atoms with Gasteiger partial charge in [0, 0.05) is 24.2 Å². The molecule has 4 heterocycles. The number of amides is 1. The van der Waals surface area contributed by atoms with Crippen LogP contribution in [0.5, 0.6) is 0 Å². The molecule has 4 aromatic rings. The maximum Gasteiger partial charge on any atom is 0.417 e. The molecule has 1 N–H and O–H groups in total. The van der Waals surface area contributed by atoms with Gasteiger partial charge in [-0.2, -0.15) is 17.5 Å². The first kappa shape index (κ1) is 24.8. The Morgan fingerprint density at radius 2 is 1.89 bits per heavy atom. The molecular formula is C24H20F3N5O4S. The summed E-state index contributed by atoms with van der Waals surface area (Å²) in [6, 6.07) is 11.0. The van der Waals surface area contributed by atoms with Crippen LogP contribution in [0.25, 0.3) is 22.4 Å². The number of aromatic nitrogens is 3. The van der Waals surface area contributed by atoms with Crippen molar-refractivity contribution in [2.24, 2.45) is 0 Å². The van der Waals surface area contributed by atoms with E-state index in [1.54, 1.807) is 24.3 Å². The number of carbonyl (C=O) groups is 1. The van der Waals surface area contributed by atoms with E-state index in [0.717, 1.165) is 16.6 Å². The Morgan fingerprint density at radius 3 is 2.62 bits per heavy atom. The second-order valence-electron chi connectivity index (χ2n) is 8.42. The van der Waals surface area contributed by atoms with Gasteiger partial charge in [0.25, 0.3) is 10.0 Å². The number of furan rings is 1. The van der Waals surface area contributed by atoms with Crippen molar-refractivity contribution >= 4 is 26.9 Å². The van der Waals surface area contributed by atoms with Crippen molar-refractivity contribution in [1.82, 2.24) is 24.6 Å². The van der Waals surface area contributed by atoms with Crippen molar-refractivity contribution in [3.05, 3.63) is 72.3 Å². The summed E-state index contributed by atoms with van der Waals surface area (Å²) < 4.78 is 71.5. The summed E-state index contributed by atoms with van der Waals surface area (Å²) in [6.07, 6.45) is -1.72. The van der Waals surface area contributed by atoms with E-state index in [2.05, 4.69) is 20.3 Å². The van der Waals surface area contributed by atoms with Crippen molar-refractivity contribution in [1.29, 1.82) is 0 Å². The third kappa shape index (κ3) is 5.04. The van der Waals surface area contributed by atoms with Gasteiger partial charge in [-0.05, 0) is 37.1 Å². The summed E-state index contributed by atoms with van der Waals surface area (Å²) in [4.78, 5) is 24.9. The number of hydrogen-bond acceptors (Lipinski definition) is 7. The molecule has 5 rings (SSSR count). The number of halogens is 3. The van der Waals surface area contributed by atoms with E-state index in [1.807, 2.05) is 0 Å². The van der Waals surface area contributed by atoms with E-state index < -0.39 is 33.7 Å². The molecule has 0 bridgehead atoms. The van der Waals surface area contributed by atoms with Crippen LogP contribution in [0.4, 0.5) is 13.2 Å². The molecule has 1 aliphatic heterocycles.